The largest absolute Gasteiger partial charge is 0.573 e. The zero-order valence-electron chi connectivity index (χ0n) is 18.4. The molecule has 0 bridgehead atoms. The molecular weight excluding hydrogens is 483 g/mol. The minimum atomic E-state index is -4.85. The number of nitrogens with one attached hydrogen (secondary N) is 1. The molecule has 1 aliphatic rings. The summed E-state index contributed by atoms with van der Waals surface area (Å²) in [5, 5.41) is 4.27. The van der Waals surface area contributed by atoms with Crippen LogP contribution in [0.15, 0.2) is 54.9 Å². The topological polar surface area (TPSA) is 71.3 Å². The number of rotatable bonds is 4. The molecule has 2 aromatic carbocycles. The summed E-state index contributed by atoms with van der Waals surface area (Å²) in [5.41, 5.74) is 1.48. The Hall–Kier alpha value is -4.22. The highest BCUT2D eigenvalue weighted by Gasteiger charge is 2.33. The molecule has 4 heterocycles. The Kier molecular flexibility index (Phi) is 5.06. The Bertz CT molecular complexity index is 1590. The van der Waals surface area contributed by atoms with Crippen molar-refractivity contribution in [3.63, 3.8) is 0 Å². The summed E-state index contributed by atoms with van der Waals surface area (Å²) in [6.45, 7) is 0.593. The van der Waals surface area contributed by atoms with Crippen molar-refractivity contribution < 1.29 is 26.7 Å². The van der Waals surface area contributed by atoms with Gasteiger partial charge in [0.1, 0.15) is 28.8 Å². The van der Waals surface area contributed by atoms with Crippen molar-refractivity contribution in [2.45, 2.75) is 25.2 Å². The molecule has 1 N–H and O–H groups in total. The molecule has 0 aliphatic carbocycles. The van der Waals surface area contributed by atoms with Crippen LogP contribution in [0.4, 0.5) is 27.8 Å². The van der Waals surface area contributed by atoms with Crippen molar-refractivity contribution in [1.29, 1.82) is 0 Å². The summed E-state index contributed by atoms with van der Waals surface area (Å²) >= 11 is 0. The molecule has 184 valence electrons. The molecule has 36 heavy (non-hydrogen) atoms. The second kappa shape index (κ2) is 8.18. The number of aromatic nitrogens is 5. The summed E-state index contributed by atoms with van der Waals surface area (Å²) < 4.78 is 72.5. The Labute approximate surface area is 200 Å². The molecule has 0 amide bonds. The van der Waals surface area contributed by atoms with Crippen molar-refractivity contribution in [2.24, 2.45) is 0 Å². The minimum Gasteiger partial charge on any atom is -0.403 e. The molecule has 5 aromatic rings. The molecule has 7 nitrogen and oxygen atoms in total. The Balaban J connectivity index is 1.41. The number of hydrogen-bond acceptors (Lipinski definition) is 5. The van der Waals surface area contributed by atoms with Crippen LogP contribution in [0.1, 0.15) is 24.4 Å². The lowest BCUT2D eigenvalue weighted by Crippen LogP contribution is -2.24. The second-order valence-corrected chi connectivity index (χ2v) is 8.41. The number of alkyl halides is 3. The van der Waals surface area contributed by atoms with E-state index in [0.717, 1.165) is 18.6 Å². The third kappa shape index (κ3) is 3.88. The Morgan fingerprint density at radius 3 is 2.75 bits per heavy atom. The molecule has 1 aliphatic heterocycles. The number of aromatic amines is 1. The molecule has 0 spiro atoms. The van der Waals surface area contributed by atoms with Crippen LogP contribution < -0.4 is 9.64 Å². The van der Waals surface area contributed by atoms with Crippen LogP contribution in [0, 0.1) is 11.6 Å². The van der Waals surface area contributed by atoms with E-state index in [0.29, 0.717) is 30.0 Å². The molecule has 0 radical (unpaired) electrons. The molecule has 1 fully saturated rings. The van der Waals surface area contributed by atoms with Crippen LogP contribution in [-0.4, -0.2) is 37.5 Å². The van der Waals surface area contributed by atoms with E-state index in [1.807, 2.05) is 4.90 Å². The quantitative estimate of drug-likeness (QED) is 0.316. The fourth-order valence-corrected chi connectivity index (χ4v) is 4.66. The van der Waals surface area contributed by atoms with Crippen LogP contribution >= 0.6 is 0 Å². The van der Waals surface area contributed by atoms with E-state index in [9.17, 15) is 22.0 Å². The van der Waals surface area contributed by atoms with Gasteiger partial charge < -0.3 is 14.6 Å². The van der Waals surface area contributed by atoms with Gasteiger partial charge in [-0.2, -0.15) is 5.10 Å². The number of ether oxygens (including phenoxy) is 1. The highest BCUT2D eigenvalue weighted by molar-refractivity contribution is 5.87. The fraction of sp³-hybridized carbons (Fsp3) is 0.208. The van der Waals surface area contributed by atoms with E-state index in [1.165, 1.54) is 28.9 Å². The van der Waals surface area contributed by atoms with Crippen molar-refractivity contribution in [3.8, 4) is 17.1 Å². The number of hydrogen-bond donors (Lipinski definition) is 1. The SMILES string of the molecule is Fc1ccc(F)c([C@H]2CCCN2c2ccn3ncc(-c4nc5cccc(OC(F)(F)F)c5[nH]4)c3n2)c1. The smallest absolute Gasteiger partial charge is 0.403 e. The molecule has 0 unspecified atom stereocenters. The van der Waals surface area contributed by atoms with E-state index >= 15 is 0 Å². The monoisotopic (exact) mass is 500 g/mol. The predicted octanol–water partition coefficient (Wildman–Crippen LogP) is 5.79. The first-order chi connectivity index (χ1) is 17.3. The standard InChI is InChI=1S/C24H17F5N6O/c25-13-6-7-16(26)14(11-13)18-4-2-9-34(18)20-8-10-35-23(32-20)15(12-30-35)22-31-17-3-1-5-19(21(17)33-22)36-24(27,28)29/h1,3,5-8,10-12,18H,2,4,9H2,(H,31,33)/t18-/m1/s1. The number of H-pyrrole nitrogens is 1. The number of para-hydroxylation sites is 1. The van der Waals surface area contributed by atoms with Gasteiger partial charge in [-0.05, 0) is 49.2 Å². The van der Waals surface area contributed by atoms with Crippen LogP contribution in [-0.2, 0) is 0 Å². The van der Waals surface area contributed by atoms with Gasteiger partial charge in [0.2, 0.25) is 0 Å². The molecule has 12 heteroatoms. The highest BCUT2D eigenvalue weighted by atomic mass is 19.4. The van der Waals surface area contributed by atoms with Crippen LogP contribution in [0.3, 0.4) is 0 Å². The van der Waals surface area contributed by atoms with Crippen molar-refractivity contribution in [2.75, 3.05) is 11.4 Å². The summed E-state index contributed by atoms with van der Waals surface area (Å²) in [6.07, 6.45) is -0.273. The summed E-state index contributed by atoms with van der Waals surface area (Å²) in [6, 6.07) is 8.91. The van der Waals surface area contributed by atoms with Gasteiger partial charge in [0.05, 0.1) is 23.3 Å². The van der Waals surface area contributed by atoms with E-state index in [2.05, 4.69) is 19.8 Å². The lowest BCUT2D eigenvalue weighted by atomic mass is 10.0. The maximum atomic E-state index is 14.5. The van der Waals surface area contributed by atoms with Gasteiger partial charge >= 0.3 is 6.36 Å². The third-order valence-electron chi connectivity index (χ3n) is 6.18. The third-order valence-corrected chi connectivity index (χ3v) is 6.18. The van der Waals surface area contributed by atoms with E-state index in [-0.39, 0.29) is 22.4 Å². The normalized spacial score (nSPS) is 16.4. The summed E-state index contributed by atoms with van der Waals surface area (Å²) in [7, 11) is 0. The van der Waals surface area contributed by atoms with Gasteiger partial charge in [0.15, 0.2) is 11.4 Å². The number of imidazole rings is 1. The predicted molar refractivity (Wildman–Crippen MR) is 120 cm³/mol. The van der Waals surface area contributed by atoms with Gasteiger partial charge in [-0.25, -0.2) is 23.3 Å². The first kappa shape index (κ1) is 22.3. The zero-order chi connectivity index (χ0) is 25.0. The van der Waals surface area contributed by atoms with Gasteiger partial charge in [-0.15, -0.1) is 13.2 Å². The van der Waals surface area contributed by atoms with Crippen LogP contribution in [0.5, 0.6) is 5.75 Å². The first-order valence-corrected chi connectivity index (χ1v) is 11.1. The maximum absolute atomic E-state index is 14.5. The minimum absolute atomic E-state index is 0.0847. The number of fused-ring (bicyclic) bond motifs is 2. The summed E-state index contributed by atoms with van der Waals surface area (Å²) in [5.74, 6) is -0.609. The average Bonchev–Trinajstić information content (AvgIpc) is 3.57. The van der Waals surface area contributed by atoms with Gasteiger partial charge in [0.25, 0.3) is 0 Å². The number of halogens is 5. The molecule has 0 saturated carbocycles. The van der Waals surface area contributed by atoms with Crippen molar-refractivity contribution in [3.05, 3.63) is 72.1 Å². The van der Waals surface area contributed by atoms with Gasteiger partial charge in [0, 0.05) is 18.3 Å². The van der Waals surface area contributed by atoms with E-state index in [1.54, 1.807) is 18.3 Å². The van der Waals surface area contributed by atoms with E-state index in [4.69, 9.17) is 4.98 Å². The van der Waals surface area contributed by atoms with Crippen molar-refractivity contribution in [1.82, 2.24) is 24.6 Å². The molecular formula is C24H17F5N6O. The van der Waals surface area contributed by atoms with Gasteiger partial charge in [-0.3, -0.25) is 0 Å². The zero-order valence-corrected chi connectivity index (χ0v) is 18.4. The number of nitrogens with zero attached hydrogens (tertiary/aromatic N) is 5. The van der Waals surface area contributed by atoms with Crippen molar-refractivity contribution >= 4 is 22.5 Å². The maximum Gasteiger partial charge on any atom is 0.573 e. The molecule has 1 atom stereocenters. The first-order valence-electron chi connectivity index (χ1n) is 11.1. The Morgan fingerprint density at radius 1 is 1.06 bits per heavy atom. The summed E-state index contributed by atoms with van der Waals surface area (Å²) in [4.78, 5) is 13.9. The highest BCUT2D eigenvalue weighted by Crippen LogP contribution is 2.38. The number of benzene rings is 2. The van der Waals surface area contributed by atoms with Crippen LogP contribution in [0.25, 0.3) is 28.1 Å². The molecule has 6 rings (SSSR count). The molecule has 1 saturated heterocycles. The van der Waals surface area contributed by atoms with Gasteiger partial charge in [-0.1, -0.05) is 6.07 Å². The lowest BCUT2D eigenvalue weighted by Gasteiger charge is -2.26. The number of anilines is 1. The molecule has 3 aromatic heterocycles. The second-order valence-electron chi connectivity index (χ2n) is 8.41. The lowest BCUT2D eigenvalue weighted by molar-refractivity contribution is -0.274. The fourth-order valence-electron chi connectivity index (χ4n) is 4.66. The van der Waals surface area contributed by atoms with E-state index < -0.39 is 29.8 Å². The van der Waals surface area contributed by atoms with Crippen LogP contribution in [0.2, 0.25) is 0 Å². The average molecular weight is 500 g/mol. The Morgan fingerprint density at radius 2 is 1.92 bits per heavy atom.